The van der Waals surface area contributed by atoms with Gasteiger partial charge in [0, 0.05) is 13.0 Å². The van der Waals surface area contributed by atoms with Crippen LogP contribution in [0.25, 0.3) is 0 Å². The van der Waals surface area contributed by atoms with E-state index in [1.807, 2.05) is 24.3 Å². The molecule has 2 aliphatic rings. The van der Waals surface area contributed by atoms with Crippen molar-refractivity contribution in [2.24, 2.45) is 0 Å². The molecule has 0 spiro atoms. The summed E-state index contributed by atoms with van der Waals surface area (Å²) in [6.45, 7) is 0.545. The molecule has 2 unspecified atom stereocenters. The molecule has 2 heterocycles. The molecule has 1 aromatic carbocycles. The van der Waals surface area contributed by atoms with Gasteiger partial charge in [0.1, 0.15) is 6.23 Å². The van der Waals surface area contributed by atoms with Crippen molar-refractivity contribution >= 4 is 11.8 Å². The first-order valence-electron chi connectivity index (χ1n) is 6.02. The van der Waals surface area contributed by atoms with E-state index in [1.165, 1.54) is 0 Å². The highest BCUT2D eigenvalue weighted by Gasteiger charge is 2.39. The zero-order valence-corrected chi connectivity index (χ0v) is 9.80. The Bertz CT molecular complexity index is 515. The first kappa shape index (κ1) is 11.4. The average molecular weight is 246 g/mol. The lowest BCUT2D eigenvalue weighted by Crippen LogP contribution is -2.51. The SMILES string of the molecule is O=C1CCC(N2Cc3ccccc3C2O)C(=O)N1. The van der Waals surface area contributed by atoms with Crippen LogP contribution in [-0.4, -0.2) is 27.9 Å². The molecular formula is C13H14N2O3. The molecule has 0 aromatic heterocycles. The number of piperidine rings is 1. The summed E-state index contributed by atoms with van der Waals surface area (Å²) in [7, 11) is 0. The van der Waals surface area contributed by atoms with Crippen molar-refractivity contribution in [1.29, 1.82) is 0 Å². The van der Waals surface area contributed by atoms with Gasteiger partial charge in [0.25, 0.3) is 0 Å². The van der Waals surface area contributed by atoms with Gasteiger partial charge in [-0.1, -0.05) is 24.3 Å². The average Bonchev–Trinajstić information content (AvgIpc) is 2.68. The van der Waals surface area contributed by atoms with E-state index in [2.05, 4.69) is 5.32 Å². The van der Waals surface area contributed by atoms with Crippen molar-refractivity contribution in [2.75, 3.05) is 0 Å². The Morgan fingerprint density at radius 1 is 1.28 bits per heavy atom. The number of hydrogen-bond donors (Lipinski definition) is 2. The van der Waals surface area contributed by atoms with Crippen molar-refractivity contribution in [3.63, 3.8) is 0 Å². The third-order valence-corrected chi connectivity index (χ3v) is 3.61. The minimum atomic E-state index is -0.759. The molecule has 5 heteroatoms. The van der Waals surface area contributed by atoms with E-state index in [4.69, 9.17) is 0 Å². The quantitative estimate of drug-likeness (QED) is 0.699. The van der Waals surface area contributed by atoms with Gasteiger partial charge >= 0.3 is 0 Å². The Morgan fingerprint density at radius 2 is 2.06 bits per heavy atom. The van der Waals surface area contributed by atoms with E-state index in [1.54, 1.807) is 4.90 Å². The number of carbonyl (C=O) groups excluding carboxylic acids is 2. The highest BCUT2D eigenvalue weighted by Crippen LogP contribution is 2.34. The molecule has 2 amide bonds. The van der Waals surface area contributed by atoms with Crippen molar-refractivity contribution in [3.05, 3.63) is 35.4 Å². The summed E-state index contributed by atoms with van der Waals surface area (Å²) in [4.78, 5) is 24.7. The zero-order valence-electron chi connectivity index (χ0n) is 9.80. The Labute approximate surface area is 104 Å². The van der Waals surface area contributed by atoms with Crippen LogP contribution in [0.3, 0.4) is 0 Å². The monoisotopic (exact) mass is 246 g/mol. The molecule has 0 aliphatic carbocycles. The van der Waals surface area contributed by atoms with Crippen molar-refractivity contribution in [1.82, 2.24) is 10.2 Å². The Hall–Kier alpha value is -1.72. The number of fused-ring (bicyclic) bond motifs is 1. The second-order valence-electron chi connectivity index (χ2n) is 4.71. The molecule has 1 saturated heterocycles. The van der Waals surface area contributed by atoms with Crippen LogP contribution in [-0.2, 0) is 16.1 Å². The minimum Gasteiger partial charge on any atom is -0.374 e. The number of imide groups is 1. The molecule has 5 nitrogen and oxygen atoms in total. The summed E-state index contributed by atoms with van der Waals surface area (Å²) in [5.74, 6) is -0.541. The molecule has 0 radical (unpaired) electrons. The molecule has 2 aliphatic heterocycles. The lowest BCUT2D eigenvalue weighted by molar-refractivity contribution is -0.141. The maximum Gasteiger partial charge on any atom is 0.244 e. The predicted molar refractivity (Wildman–Crippen MR) is 63.1 cm³/mol. The number of amides is 2. The number of nitrogens with one attached hydrogen (secondary N) is 1. The summed E-state index contributed by atoms with van der Waals surface area (Å²) in [5, 5.41) is 12.6. The molecule has 1 aromatic rings. The molecule has 3 rings (SSSR count). The number of nitrogens with zero attached hydrogens (tertiary/aromatic N) is 1. The van der Waals surface area contributed by atoms with Gasteiger partial charge in [0.2, 0.25) is 11.8 Å². The maximum absolute atomic E-state index is 11.8. The van der Waals surface area contributed by atoms with E-state index >= 15 is 0 Å². The lowest BCUT2D eigenvalue weighted by atomic mass is 10.0. The number of rotatable bonds is 1. The Morgan fingerprint density at radius 3 is 2.78 bits per heavy atom. The smallest absolute Gasteiger partial charge is 0.244 e. The predicted octanol–water partition coefficient (Wildman–Crippen LogP) is 0.298. The molecule has 18 heavy (non-hydrogen) atoms. The van der Waals surface area contributed by atoms with Gasteiger partial charge in [-0.25, -0.2) is 0 Å². The van der Waals surface area contributed by atoms with Gasteiger partial charge in [-0.15, -0.1) is 0 Å². The lowest BCUT2D eigenvalue weighted by Gasteiger charge is -2.31. The largest absolute Gasteiger partial charge is 0.374 e. The van der Waals surface area contributed by atoms with Crippen LogP contribution in [0.5, 0.6) is 0 Å². The van der Waals surface area contributed by atoms with E-state index in [9.17, 15) is 14.7 Å². The molecule has 2 atom stereocenters. The van der Waals surface area contributed by atoms with Gasteiger partial charge in [-0.05, 0) is 17.5 Å². The summed E-state index contributed by atoms with van der Waals surface area (Å²) in [5.41, 5.74) is 1.89. The fraction of sp³-hybridized carbons (Fsp3) is 0.385. The van der Waals surface area contributed by atoms with Crippen LogP contribution in [0, 0.1) is 0 Å². The first-order valence-corrected chi connectivity index (χ1v) is 6.02. The summed E-state index contributed by atoms with van der Waals surface area (Å²) in [6, 6.07) is 7.18. The van der Waals surface area contributed by atoms with Crippen molar-refractivity contribution < 1.29 is 14.7 Å². The number of hydrogen-bond acceptors (Lipinski definition) is 4. The second-order valence-corrected chi connectivity index (χ2v) is 4.71. The topological polar surface area (TPSA) is 69.6 Å². The van der Waals surface area contributed by atoms with Gasteiger partial charge in [0.05, 0.1) is 6.04 Å². The third kappa shape index (κ3) is 1.72. The second kappa shape index (κ2) is 4.19. The number of aliphatic hydroxyl groups is 1. The number of carbonyl (C=O) groups is 2. The van der Waals surface area contributed by atoms with Crippen LogP contribution in [0.2, 0.25) is 0 Å². The standard InChI is InChI=1S/C13H14N2O3/c16-11-6-5-10(12(17)14-11)15-7-8-3-1-2-4-9(8)13(15)18/h1-4,10,13,18H,5-7H2,(H,14,16,17). The van der Waals surface area contributed by atoms with Crippen LogP contribution in [0.1, 0.15) is 30.2 Å². The van der Waals surface area contributed by atoms with E-state index in [-0.39, 0.29) is 11.8 Å². The van der Waals surface area contributed by atoms with E-state index in [0.717, 1.165) is 11.1 Å². The van der Waals surface area contributed by atoms with Crippen LogP contribution in [0.15, 0.2) is 24.3 Å². The van der Waals surface area contributed by atoms with E-state index in [0.29, 0.717) is 19.4 Å². The molecule has 0 saturated carbocycles. The van der Waals surface area contributed by atoms with Crippen molar-refractivity contribution in [2.45, 2.75) is 31.7 Å². The van der Waals surface area contributed by atoms with Crippen LogP contribution < -0.4 is 5.32 Å². The van der Waals surface area contributed by atoms with Gasteiger partial charge < -0.3 is 5.11 Å². The summed E-state index contributed by atoms with van der Waals surface area (Å²) in [6.07, 6.45) is 0.0382. The zero-order chi connectivity index (χ0) is 12.7. The van der Waals surface area contributed by atoms with Gasteiger partial charge in [0.15, 0.2) is 0 Å². The third-order valence-electron chi connectivity index (χ3n) is 3.61. The minimum absolute atomic E-state index is 0.234. The highest BCUT2D eigenvalue weighted by molar-refractivity contribution is 6.00. The van der Waals surface area contributed by atoms with Crippen molar-refractivity contribution in [3.8, 4) is 0 Å². The highest BCUT2D eigenvalue weighted by atomic mass is 16.3. The molecule has 1 fully saturated rings. The molecular weight excluding hydrogens is 232 g/mol. The van der Waals surface area contributed by atoms with Crippen LogP contribution in [0.4, 0.5) is 0 Å². The molecule has 2 N–H and O–H groups in total. The van der Waals surface area contributed by atoms with Gasteiger partial charge in [-0.2, -0.15) is 0 Å². The maximum atomic E-state index is 11.8. The summed E-state index contributed by atoms with van der Waals surface area (Å²) >= 11 is 0. The fourth-order valence-corrected chi connectivity index (χ4v) is 2.67. The van der Waals surface area contributed by atoms with Crippen LogP contribution >= 0.6 is 0 Å². The first-order chi connectivity index (χ1) is 8.66. The summed E-state index contributed by atoms with van der Waals surface area (Å²) < 4.78 is 0. The fourth-order valence-electron chi connectivity index (χ4n) is 2.67. The normalized spacial score (nSPS) is 28.1. The Kier molecular flexibility index (Phi) is 2.65. The molecule has 94 valence electrons. The number of benzene rings is 1. The number of aliphatic hydroxyl groups excluding tert-OH is 1. The Balaban J connectivity index is 1.84. The van der Waals surface area contributed by atoms with E-state index < -0.39 is 12.3 Å². The molecule has 0 bridgehead atoms. The van der Waals surface area contributed by atoms with Gasteiger partial charge in [-0.3, -0.25) is 19.8 Å².